The van der Waals surface area contributed by atoms with Crippen LogP contribution in [0.3, 0.4) is 0 Å². The van der Waals surface area contributed by atoms with Gasteiger partial charge in [-0.05, 0) is 31.9 Å². The fourth-order valence-corrected chi connectivity index (χ4v) is 2.87. The standard InChI is InChI=1S/C18H19N3O3/c1-10-6-4-5-7-13(10)14(23)8-19-17-16-15(11(2)22)12(3)24-18(16)21-9-20-17/h4-7,9,14,23H,8H2,1-3H3,(H,19,20,21). The molecule has 3 aromatic rings. The molecule has 124 valence electrons. The molecule has 0 saturated heterocycles. The topological polar surface area (TPSA) is 88.2 Å². The average Bonchev–Trinajstić information content (AvgIpc) is 2.89. The fraction of sp³-hybridized carbons (Fsp3) is 0.278. The summed E-state index contributed by atoms with van der Waals surface area (Å²) < 4.78 is 5.54. The smallest absolute Gasteiger partial charge is 0.232 e. The van der Waals surface area contributed by atoms with Crippen LogP contribution in [-0.2, 0) is 0 Å². The summed E-state index contributed by atoms with van der Waals surface area (Å²) in [5.41, 5.74) is 2.70. The lowest BCUT2D eigenvalue weighted by Crippen LogP contribution is -2.14. The second-order valence-electron chi connectivity index (χ2n) is 5.75. The first kappa shape index (κ1) is 16.1. The Labute approximate surface area is 139 Å². The Kier molecular flexibility index (Phi) is 4.31. The van der Waals surface area contributed by atoms with Gasteiger partial charge >= 0.3 is 0 Å². The van der Waals surface area contributed by atoms with Crippen molar-refractivity contribution in [2.24, 2.45) is 0 Å². The Balaban J connectivity index is 1.91. The van der Waals surface area contributed by atoms with Gasteiger partial charge in [0.15, 0.2) is 5.78 Å². The number of nitrogens with zero attached hydrogens (tertiary/aromatic N) is 2. The second kappa shape index (κ2) is 6.41. The minimum absolute atomic E-state index is 0.108. The molecule has 0 saturated carbocycles. The number of ketones is 1. The lowest BCUT2D eigenvalue weighted by atomic mass is 10.0. The van der Waals surface area contributed by atoms with E-state index in [2.05, 4.69) is 15.3 Å². The predicted molar refractivity (Wildman–Crippen MR) is 91.2 cm³/mol. The number of carbonyl (C=O) groups is 1. The maximum absolute atomic E-state index is 11.9. The largest absolute Gasteiger partial charge is 0.442 e. The van der Waals surface area contributed by atoms with Crippen LogP contribution in [0.15, 0.2) is 35.0 Å². The highest BCUT2D eigenvalue weighted by Crippen LogP contribution is 2.29. The van der Waals surface area contributed by atoms with Crippen LogP contribution in [0.25, 0.3) is 11.1 Å². The number of carbonyl (C=O) groups excluding carboxylic acids is 1. The second-order valence-corrected chi connectivity index (χ2v) is 5.75. The van der Waals surface area contributed by atoms with Crippen LogP contribution in [0.1, 0.15) is 40.3 Å². The summed E-state index contributed by atoms with van der Waals surface area (Å²) in [6, 6.07) is 7.66. The fourth-order valence-electron chi connectivity index (χ4n) is 2.87. The van der Waals surface area contributed by atoms with Crippen LogP contribution in [-0.4, -0.2) is 27.4 Å². The third-order valence-electron chi connectivity index (χ3n) is 4.03. The molecule has 0 radical (unpaired) electrons. The molecule has 0 spiro atoms. The molecule has 1 unspecified atom stereocenters. The van der Waals surface area contributed by atoms with E-state index in [1.54, 1.807) is 6.92 Å². The Morgan fingerprint density at radius 1 is 1.29 bits per heavy atom. The number of Topliss-reactive ketones (excluding diaryl/α,β-unsaturated/α-hetero) is 1. The van der Waals surface area contributed by atoms with Gasteiger partial charge in [-0.3, -0.25) is 4.79 Å². The first-order valence-corrected chi connectivity index (χ1v) is 7.71. The SMILES string of the molecule is CC(=O)c1c(C)oc2ncnc(NCC(O)c3ccccc3C)c12. The molecule has 3 rings (SSSR count). The molecule has 0 bridgehead atoms. The number of hydrogen-bond donors (Lipinski definition) is 2. The zero-order chi connectivity index (χ0) is 17.3. The van der Waals surface area contributed by atoms with E-state index in [0.717, 1.165) is 11.1 Å². The summed E-state index contributed by atoms with van der Waals surface area (Å²) in [7, 11) is 0. The van der Waals surface area contributed by atoms with Crippen LogP contribution in [0.5, 0.6) is 0 Å². The van der Waals surface area contributed by atoms with Crippen molar-refractivity contribution in [1.82, 2.24) is 9.97 Å². The van der Waals surface area contributed by atoms with E-state index in [0.29, 0.717) is 28.2 Å². The van der Waals surface area contributed by atoms with Crippen molar-refractivity contribution < 1.29 is 14.3 Å². The van der Waals surface area contributed by atoms with Crippen molar-refractivity contribution in [1.29, 1.82) is 0 Å². The maximum Gasteiger partial charge on any atom is 0.232 e. The van der Waals surface area contributed by atoms with Crippen LogP contribution >= 0.6 is 0 Å². The zero-order valence-corrected chi connectivity index (χ0v) is 13.8. The van der Waals surface area contributed by atoms with E-state index < -0.39 is 6.10 Å². The van der Waals surface area contributed by atoms with E-state index in [9.17, 15) is 9.90 Å². The van der Waals surface area contributed by atoms with Gasteiger partial charge in [0, 0.05) is 6.54 Å². The number of aryl methyl sites for hydroxylation is 2. The van der Waals surface area contributed by atoms with E-state index >= 15 is 0 Å². The Morgan fingerprint density at radius 3 is 2.75 bits per heavy atom. The van der Waals surface area contributed by atoms with E-state index in [1.807, 2.05) is 31.2 Å². The summed E-state index contributed by atoms with van der Waals surface area (Å²) in [4.78, 5) is 20.2. The number of aliphatic hydroxyl groups is 1. The molecular formula is C18H19N3O3. The van der Waals surface area contributed by atoms with Crippen LogP contribution in [0, 0.1) is 13.8 Å². The number of aromatic nitrogens is 2. The first-order valence-electron chi connectivity index (χ1n) is 7.71. The minimum atomic E-state index is -0.690. The zero-order valence-electron chi connectivity index (χ0n) is 13.8. The highest BCUT2D eigenvalue weighted by Gasteiger charge is 2.20. The number of nitrogens with one attached hydrogen (secondary N) is 1. The summed E-state index contributed by atoms with van der Waals surface area (Å²) in [6.07, 6.45) is 0.683. The van der Waals surface area contributed by atoms with Crippen LogP contribution in [0.2, 0.25) is 0 Å². The van der Waals surface area contributed by atoms with Gasteiger partial charge in [-0.15, -0.1) is 0 Å². The van der Waals surface area contributed by atoms with E-state index in [4.69, 9.17) is 4.42 Å². The molecule has 0 aliphatic heterocycles. The van der Waals surface area contributed by atoms with Gasteiger partial charge in [0.2, 0.25) is 5.71 Å². The van der Waals surface area contributed by atoms with Gasteiger partial charge in [-0.1, -0.05) is 24.3 Å². The molecule has 6 nitrogen and oxygen atoms in total. The Bertz CT molecular complexity index is 902. The van der Waals surface area contributed by atoms with E-state index in [1.165, 1.54) is 13.3 Å². The quantitative estimate of drug-likeness (QED) is 0.700. The monoisotopic (exact) mass is 325 g/mol. The molecule has 2 N–H and O–H groups in total. The van der Waals surface area contributed by atoms with Crippen molar-refractivity contribution in [3.8, 4) is 0 Å². The van der Waals surface area contributed by atoms with Gasteiger partial charge in [-0.25, -0.2) is 9.97 Å². The third-order valence-corrected chi connectivity index (χ3v) is 4.03. The number of anilines is 1. The number of rotatable bonds is 5. The lowest BCUT2D eigenvalue weighted by Gasteiger charge is -2.15. The van der Waals surface area contributed by atoms with Gasteiger partial charge in [-0.2, -0.15) is 0 Å². The van der Waals surface area contributed by atoms with Crippen molar-refractivity contribution in [2.45, 2.75) is 26.9 Å². The van der Waals surface area contributed by atoms with Crippen molar-refractivity contribution >= 4 is 22.7 Å². The molecule has 2 aromatic heterocycles. The number of benzene rings is 1. The molecule has 0 aliphatic carbocycles. The summed E-state index contributed by atoms with van der Waals surface area (Å²) in [5.74, 6) is 0.888. The van der Waals surface area contributed by atoms with Gasteiger partial charge < -0.3 is 14.8 Å². The molecule has 6 heteroatoms. The van der Waals surface area contributed by atoms with Crippen molar-refractivity contribution in [2.75, 3.05) is 11.9 Å². The number of hydrogen-bond acceptors (Lipinski definition) is 6. The van der Waals surface area contributed by atoms with Gasteiger partial charge in [0.05, 0.1) is 17.1 Å². The molecule has 0 fully saturated rings. The molecule has 2 heterocycles. The summed E-state index contributed by atoms with van der Waals surface area (Å²) in [5, 5.41) is 14.1. The van der Waals surface area contributed by atoms with Gasteiger partial charge in [0.1, 0.15) is 17.9 Å². The lowest BCUT2D eigenvalue weighted by molar-refractivity contribution is 0.101. The van der Waals surface area contributed by atoms with E-state index in [-0.39, 0.29) is 12.3 Å². The van der Waals surface area contributed by atoms with Gasteiger partial charge in [0.25, 0.3) is 0 Å². The van der Waals surface area contributed by atoms with Crippen molar-refractivity contribution in [3.05, 3.63) is 53.0 Å². The molecular weight excluding hydrogens is 306 g/mol. The number of aliphatic hydroxyl groups excluding tert-OH is 1. The first-order chi connectivity index (χ1) is 11.5. The number of furan rings is 1. The summed E-state index contributed by atoms with van der Waals surface area (Å²) >= 11 is 0. The van der Waals surface area contributed by atoms with Crippen LogP contribution in [0.4, 0.5) is 5.82 Å². The number of fused-ring (bicyclic) bond motifs is 1. The molecule has 0 aliphatic rings. The van der Waals surface area contributed by atoms with Crippen LogP contribution < -0.4 is 5.32 Å². The normalized spacial score (nSPS) is 12.3. The highest BCUT2D eigenvalue weighted by atomic mass is 16.3. The third kappa shape index (κ3) is 2.88. The Morgan fingerprint density at radius 2 is 2.04 bits per heavy atom. The van der Waals surface area contributed by atoms with Crippen molar-refractivity contribution in [3.63, 3.8) is 0 Å². The predicted octanol–water partition coefficient (Wildman–Crippen LogP) is 3.19. The minimum Gasteiger partial charge on any atom is -0.442 e. The maximum atomic E-state index is 11.9. The summed E-state index contributed by atoms with van der Waals surface area (Å²) in [6.45, 7) is 5.42. The molecule has 0 amide bonds. The molecule has 1 atom stereocenters. The average molecular weight is 325 g/mol. The Hall–Kier alpha value is -2.73. The highest BCUT2D eigenvalue weighted by molar-refractivity contribution is 6.09. The molecule has 1 aromatic carbocycles. The molecule has 24 heavy (non-hydrogen) atoms.